The Morgan fingerprint density at radius 2 is 2.00 bits per heavy atom. The lowest BCUT2D eigenvalue weighted by Gasteiger charge is -2.34. The van der Waals surface area contributed by atoms with Crippen LogP contribution in [0.1, 0.15) is 36.2 Å². The van der Waals surface area contributed by atoms with Gasteiger partial charge < -0.3 is 14.5 Å². The number of alkyl halides is 2. The van der Waals surface area contributed by atoms with Gasteiger partial charge in [0.2, 0.25) is 5.92 Å². The predicted molar refractivity (Wildman–Crippen MR) is 86.6 cm³/mol. The first kappa shape index (κ1) is 17.1. The number of pyridine rings is 1. The standard InChI is InChI=1S/C17H23F2N3O2/c1-21(13-2-5-17(18,19)6-3-13)16(23)15-12-14(4-7-20-15)22-8-10-24-11-9-22/h4,7,12-13H,2-3,5-6,8-11H2,1H3. The minimum Gasteiger partial charge on any atom is -0.378 e. The average molecular weight is 339 g/mol. The average Bonchev–Trinajstić information content (AvgIpc) is 2.61. The molecule has 5 nitrogen and oxygen atoms in total. The third kappa shape index (κ3) is 3.83. The molecule has 2 aliphatic rings. The Bertz CT molecular complexity index is 581. The molecule has 1 amide bonds. The summed E-state index contributed by atoms with van der Waals surface area (Å²) in [6.45, 7) is 2.90. The minimum absolute atomic E-state index is 0.147. The molecule has 2 heterocycles. The van der Waals surface area contributed by atoms with Crippen molar-refractivity contribution in [1.29, 1.82) is 0 Å². The summed E-state index contributed by atoms with van der Waals surface area (Å²) < 4.78 is 31.9. The number of nitrogens with zero attached hydrogens (tertiary/aromatic N) is 3. The number of carbonyl (C=O) groups is 1. The van der Waals surface area contributed by atoms with Crippen LogP contribution in [0.4, 0.5) is 14.5 Å². The zero-order valence-corrected chi connectivity index (χ0v) is 13.9. The van der Waals surface area contributed by atoms with Gasteiger partial charge in [-0.05, 0) is 25.0 Å². The molecule has 1 aliphatic carbocycles. The second kappa shape index (κ2) is 7.01. The molecule has 0 N–H and O–H groups in total. The van der Waals surface area contributed by atoms with Gasteiger partial charge >= 0.3 is 0 Å². The van der Waals surface area contributed by atoms with Gasteiger partial charge in [-0.2, -0.15) is 0 Å². The van der Waals surface area contributed by atoms with Crippen molar-refractivity contribution in [3.63, 3.8) is 0 Å². The van der Waals surface area contributed by atoms with Gasteiger partial charge in [0.25, 0.3) is 5.91 Å². The van der Waals surface area contributed by atoms with Crippen LogP contribution in [0.3, 0.4) is 0 Å². The predicted octanol–water partition coefficient (Wildman–Crippen LogP) is 2.57. The highest BCUT2D eigenvalue weighted by Gasteiger charge is 2.37. The summed E-state index contributed by atoms with van der Waals surface area (Å²) in [5.74, 6) is -2.80. The first-order valence-electron chi connectivity index (χ1n) is 8.40. The van der Waals surface area contributed by atoms with Gasteiger partial charge in [0.05, 0.1) is 13.2 Å². The summed E-state index contributed by atoms with van der Waals surface area (Å²) in [7, 11) is 1.68. The van der Waals surface area contributed by atoms with E-state index in [0.717, 1.165) is 18.8 Å². The second-order valence-electron chi connectivity index (χ2n) is 6.50. The monoisotopic (exact) mass is 339 g/mol. The summed E-state index contributed by atoms with van der Waals surface area (Å²) in [5, 5.41) is 0. The Balaban J connectivity index is 1.68. The van der Waals surface area contributed by atoms with Gasteiger partial charge in [-0.3, -0.25) is 9.78 Å². The van der Waals surface area contributed by atoms with E-state index >= 15 is 0 Å². The molecule has 7 heteroatoms. The van der Waals surface area contributed by atoms with E-state index in [1.807, 2.05) is 6.07 Å². The van der Waals surface area contributed by atoms with E-state index in [2.05, 4.69) is 9.88 Å². The van der Waals surface area contributed by atoms with Crippen molar-refractivity contribution in [3.05, 3.63) is 24.0 Å². The van der Waals surface area contributed by atoms with Crippen LogP contribution < -0.4 is 4.90 Å². The lowest BCUT2D eigenvalue weighted by molar-refractivity contribution is -0.0490. The molecule has 0 atom stereocenters. The van der Waals surface area contributed by atoms with Gasteiger partial charge in [0, 0.05) is 50.9 Å². The molecule has 1 aliphatic heterocycles. The number of morpholine rings is 1. The molecular formula is C17H23F2N3O2. The zero-order chi connectivity index (χ0) is 17.2. The number of hydrogen-bond donors (Lipinski definition) is 0. The van der Waals surface area contributed by atoms with Crippen LogP contribution in [0.2, 0.25) is 0 Å². The minimum atomic E-state index is -2.59. The van der Waals surface area contributed by atoms with Gasteiger partial charge in [-0.15, -0.1) is 0 Å². The fourth-order valence-electron chi connectivity index (χ4n) is 3.31. The Hall–Kier alpha value is -1.76. The largest absolute Gasteiger partial charge is 0.378 e. The highest BCUT2D eigenvalue weighted by atomic mass is 19.3. The van der Waals surface area contributed by atoms with E-state index < -0.39 is 5.92 Å². The van der Waals surface area contributed by atoms with E-state index in [9.17, 15) is 13.6 Å². The number of anilines is 1. The summed E-state index contributed by atoms with van der Waals surface area (Å²) in [5.41, 5.74) is 1.30. The molecular weight excluding hydrogens is 316 g/mol. The van der Waals surface area contributed by atoms with E-state index in [1.54, 1.807) is 24.2 Å². The number of aromatic nitrogens is 1. The van der Waals surface area contributed by atoms with Crippen LogP contribution in [0.25, 0.3) is 0 Å². The summed E-state index contributed by atoms with van der Waals surface area (Å²) in [6.07, 6.45) is 1.98. The molecule has 0 bridgehead atoms. The number of ether oxygens (including phenoxy) is 1. The van der Waals surface area contributed by atoms with Crippen molar-refractivity contribution < 1.29 is 18.3 Å². The van der Waals surface area contributed by atoms with Crippen LogP contribution in [0.15, 0.2) is 18.3 Å². The topological polar surface area (TPSA) is 45.7 Å². The fourth-order valence-corrected chi connectivity index (χ4v) is 3.31. The Labute approximate surface area is 140 Å². The first-order chi connectivity index (χ1) is 11.5. The first-order valence-corrected chi connectivity index (χ1v) is 8.40. The van der Waals surface area contributed by atoms with Crippen molar-refractivity contribution in [2.75, 3.05) is 38.3 Å². The molecule has 0 unspecified atom stereocenters. The molecule has 1 aromatic heterocycles. The molecule has 0 spiro atoms. The molecule has 2 fully saturated rings. The van der Waals surface area contributed by atoms with Crippen LogP contribution in [-0.4, -0.2) is 61.1 Å². The van der Waals surface area contributed by atoms with Crippen molar-refractivity contribution >= 4 is 11.6 Å². The van der Waals surface area contributed by atoms with Crippen molar-refractivity contribution in [2.45, 2.75) is 37.6 Å². The number of amides is 1. The van der Waals surface area contributed by atoms with Crippen molar-refractivity contribution in [1.82, 2.24) is 9.88 Å². The molecule has 0 radical (unpaired) electrons. The van der Waals surface area contributed by atoms with Gasteiger partial charge in [-0.25, -0.2) is 8.78 Å². The van der Waals surface area contributed by atoms with Gasteiger partial charge in [-0.1, -0.05) is 0 Å². The normalized spacial score (nSPS) is 21.5. The quantitative estimate of drug-likeness (QED) is 0.849. The highest BCUT2D eigenvalue weighted by molar-refractivity contribution is 5.93. The van der Waals surface area contributed by atoms with Crippen molar-refractivity contribution in [2.24, 2.45) is 0 Å². The lowest BCUT2D eigenvalue weighted by Crippen LogP contribution is -2.42. The Morgan fingerprint density at radius 3 is 2.67 bits per heavy atom. The molecule has 132 valence electrons. The third-order valence-corrected chi connectivity index (χ3v) is 4.89. The van der Waals surface area contributed by atoms with Gasteiger partial charge in [0.15, 0.2) is 0 Å². The van der Waals surface area contributed by atoms with E-state index in [0.29, 0.717) is 31.7 Å². The lowest BCUT2D eigenvalue weighted by atomic mass is 9.91. The maximum absolute atomic E-state index is 13.3. The zero-order valence-electron chi connectivity index (χ0n) is 13.9. The second-order valence-corrected chi connectivity index (χ2v) is 6.50. The SMILES string of the molecule is CN(C(=O)c1cc(N2CCOCC2)ccn1)C1CCC(F)(F)CC1. The van der Waals surface area contributed by atoms with E-state index in [1.165, 1.54) is 0 Å². The smallest absolute Gasteiger partial charge is 0.272 e. The van der Waals surface area contributed by atoms with Crippen molar-refractivity contribution in [3.8, 4) is 0 Å². The van der Waals surface area contributed by atoms with Crippen LogP contribution in [0.5, 0.6) is 0 Å². The molecule has 1 saturated carbocycles. The van der Waals surface area contributed by atoms with E-state index in [4.69, 9.17) is 4.74 Å². The van der Waals surface area contributed by atoms with E-state index in [-0.39, 0.29) is 24.8 Å². The number of rotatable bonds is 3. The molecule has 0 aromatic carbocycles. The maximum atomic E-state index is 13.3. The van der Waals surface area contributed by atoms with Crippen LogP contribution in [-0.2, 0) is 4.74 Å². The molecule has 1 aromatic rings. The van der Waals surface area contributed by atoms with Crippen LogP contribution >= 0.6 is 0 Å². The maximum Gasteiger partial charge on any atom is 0.272 e. The molecule has 1 saturated heterocycles. The van der Waals surface area contributed by atoms with Gasteiger partial charge in [0.1, 0.15) is 5.69 Å². The fraction of sp³-hybridized carbons (Fsp3) is 0.647. The third-order valence-electron chi connectivity index (χ3n) is 4.89. The summed E-state index contributed by atoms with van der Waals surface area (Å²) in [4.78, 5) is 20.6. The highest BCUT2D eigenvalue weighted by Crippen LogP contribution is 2.35. The number of hydrogen-bond acceptors (Lipinski definition) is 4. The number of carbonyl (C=O) groups excluding carboxylic acids is 1. The number of halogens is 2. The Kier molecular flexibility index (Phi) is 4.99. The summed E-state index contributed by atoms with van der Waals surface area (Å²) in [6, 6.07) is 3.51. The summed E-state index contributed by atoms with van der Waals surface area (Å²) >= 11 is 0. The Morgan fingerprint density at radius 1 is 1.33 bits per heavy atom. The molecule has 24 heavy (non-hydrogen) atoms. The van der Waals surface area contributed by atoms with Crippen LogP contribution in [0, 0.1) is 0 Å². The molecule has 3 rings (SSSR count).